The molecule has 158 valence electrons. The highest BCUT2D eigenvalue weighted by molar-refractivity contribution is 5.03. The maximum Gasteiger partial charge on any atom is 0.115 e. The Morgan fingerprint density at radius 1 is 0.815 bits per heavy atom. The van der Waals surface area contributed by atoms with E-state index in [1.54, 1.807) is 0 Å². The number of ether oxygens (including phenoxy) is 2. The second-order valence-electron chi connectivity index (χ2n) is 9.71. The average molecular weight is 385 g/mol. The van der Waals surface area contributed by atoms with Crippen molar-refractivity contribution in [3.05, 3.63) is 0 Å². The summed E-state index contributed by atoms with van der Waals surface area (Å²) in [5, 5.41) is 0. The van der Waals surface area contributed by atoms with Gasteiger partial charge in [0.2, 0.25) is 0 Å². The summed E-state index contributed by atoms with van der Waals surface area (Å²) < 4.78 is 24.8. The lowest BCUT2D eigenvalue weighted by Crippen LogP contribution is -2.43. The van der Waals surface area contributed by atoms with Gasteiger partial charge in [0.25, 0.3) is 0 Å². The van der Waals surface area contributed by atoms with E-state index in [0.717, 1.165) is 19.6 Å². The predicted molar refractivity (Wildman–Crippen MR) is 108 cm³/mol. The lowest BCUT2D eigenvalue weighted by Gasteiger charge is -2.32. The van der Waals surface area contributed by atoms with E-state index in [9.17, 15) is 4.39 Å². The van der Waals surface area contributed by atoms with Gasteiger partial charge in [0.15, 0.2) is 0 Å². The number of halogens is 1. The van der Waals surface area contributed by atoms with Crippen molar-refractivity contribution in [1.82, 2.24) is 9.80 Å². The van der Waals surface area contributed by atoms with Crippen molar-refractivity contribution in [3.8, 4) is 0 Å². The molecule has 0 spiro atoms. The summed E-state index contributed by atoms with van der Waals surface area (Å²) in [6, 6.07) is 0. The van der Waals surface area contributed by atoms with Crippen LogP contribution in [0.25, 0.3) is 0 Å². The van der Waals surface area contributed by atoms with Crippen molar-refractivity contribution in [3.63, 3.8) is 0 Å². The van der Waals surface area contributed by atoms with Crippen molar-refractivity contribution in [2.75, 3.05) is 39.4 Å². The lowest BCUT2D eigenvalue weighted by atomic mass is 9.95. The highest BCUT2D eigenvalue weighted by Crippen LogP contribution is 2.40. The molecule has 0 N–H and O–H groups in total. The Labute approximate surface area is 165 Å². The summed E-state index contributed by atoms with van der Waals surface area (Å²) in [7, 11) is 0. The van der Waals surface area contributed by atoms with Gasteiger partial charge in [-0.3, -0.25) is 9.80 Å². The average Bonchev–Trinajstić information content (AvgIpc) is 3.30. The molecular formula is C22H41FN2O2. The molecule has 5 heteroatoms. The molecule has 4 fully saturated rings. The molecule has 0 aromatic carbocycles. The first-order chi connectivity index (χ1) is 12.9. The molecule has 4 aliphatic rings. The Bertz CT molecular complexity index is 463. The van der Waals surface area contributed by atoms with Crippen LogP contribution in [0.3, 0.4) is 0 Å². The van der Waals surface area contributed by atoms with E-state index in [4.69, 9.17) is 9.47 Å². The fourth-order valence-corrected chi connectivity index (χ4v) is 5.55. The molecular weight excluding hydrogens is 343 g/mol. The smallest absolute Gasteiger partial charge is 0.115 e. The Hall–Kier alpha value is -0.230. The third kappa shape index (κ3) is 5.04. The van der Waals surface area contributed by atoms with Crippen LogP contribution in [-0.2, 0) is 9.47 Å². The van der Waals surface area contributed by atoms with Crippen LogP contribution in [0.1, 0.15) is 72.6 Å². The van der Waals surface area contributed by atoms with Crippen LogP contribution in [0.4, 0.5) is 4.39 Å². The van der Waals surface area contributed by atoms with Crippen molar-refractivity contribution in [2.45, 2.75) is 102 Å². The minimum Gasteiger partial charge on any atom is -0.377 e. The van der Waals surface area contributed by atoms with E-state index in [0.29, 0.717) is 31.2 Å². The summed E-state index contributed by atoms with van der Waals surface area (Å²) in [4.78, 5) is 4.94. The van der Waals surface area contributed by atoms with Gasteiger partial charge in [-0.25, -0.2) is 4.39 Å². The van der Waals surface area contributed by atoms with Crippen LogP contribution in [0, 0.1) is 0 Å². The van der Waals surface area contributed by atoms with Crippen molar-refractivity contribution in [1.29, 1.82) is 0 Å². The molecule has 4 heterocycles. The molecule has 2 unspecified atom stereocenters. The molecule has 0 aromatic heterocycles. The largest absolute Gasteiger partial charge is 0.377 e. The zero-order chi connectivity index (χ0) is 19.5. The van der Waals surface area contributed by atoms with Gasteiger partial charge < -0.3 is 9.47 Å². The Kier molecular flexibility index (Phi) is 7.21. The third-order valence-electron chi connectivity index (χ3n) is 6.94. The Morgan fingerprint density at radius 3 is 1.85 bits per heavy atom. The number of alkyl halides is 1. The molecule has 0 aliphatic carbocycles. The number of nitrogens with zero attached hydrogens (tertiary/aromatic N) is 2. The summed E-state index contributed by atoms with van der Waals surface area (Å²) in [6.45, 7) is 14.3. The highest BCUT2D eigenvalue weighted by atomic mass is 19.1. The van der Waals surface area contributed by atoms with Gasteiger partial charge in [0.05, 0.1) is 25.4 Å². The minimum absolute atomic E-state index is 0.0453. The summed E-state index contributed by atoms with van der Waals surface area (Å²) in [5.41, 5.74) is 0.494. The van der Waals surface area contributed by atoms with Crippen molar-refractivity contribution in [2.24, 2.45) is 0 Å². The fourth-order valence-electron chi connectivity index (χ4n) is 5.55. The molecule has 0 bridgehead atoms. The quantitative estimate of drug-likeness (QED) is 0.690. The molecule has 4 nitrogen and oxygen atoms in total. The maximum absolute atomic E-state index is 13.3. The normalized spacial score (nSPS) is 32.8. The zero-order valence-corrected chi connectivity index (χ0v) is 18.0. The summed E-state index contributed by atoms with van der Waals surface area (Å²) in [6.07, 6.45) is 8.48. The molecule has 0 radical (unpaired) electrons. The standard InChI is InChI=1S/C11H20FNO.C11H21NO/c1-9(2)14-8-11-4-3-5-13(11)7-10(12)6-11;1-10(2)13-9-11-5-3-7-12(11)8-4-6-11/h9-10H,3-8H2,1-2H3;10H,3-9H2,1-2H3. The second kappa shape index (κ2) is 9.06. The first-order valence-electron chi connectivity index (χ1n) is 11.2. The number of rotatable bonds is 6. The maximum atomic E-state index is 13.3. The summed E-state index contributed by atoms with van der Waals surface area (Å²) in [5.74, 6) is 0. The molecule has 0 saturated carbocycles. The van der Waals surface area contributed by atoms with E-state index in [1.165, 1.54) is 45.2 Å². The van der Waals surface area contributed by atoms with Crippen molar-refractivity contribution >= 4 is 0 Å². The van der Waals surface area contributed by atoms with Gasteiger partial charge in [-0.2, -0.15) is 0 Å². The van der Waals surface area contributed by atoms with Crippen LogP contribution in [0.5, 0.6) is 0 Å². The molecule has 0 aromatic rings. The van der Waals surface area contributed by atoms with Gasteiger partial charge in [-0.15, -0.1) is 0 Å². The molecule has 2 atom stereocenters. The van der Waals surface area contributed by atoms with Gasteiger partial charge in [-0.1, -0.05) is 0 Å². The number of hydrogen-bond donors (Lipinski definition) is 0. The Morgan fingerprint density at radius 2 is 1.30 bits per heavy atom. The van der Waals surface area contributed by atoms with Gasteiger partial charge in [0.1, 0.15) is 6.17 Å². The first kappa shape index (κ1) is 21.5. The highest BCUT2D eigenvalue weighted by Gasteiger charge is 2.48. The topological polar surface area (TPSA) is 24.9 Å². The van der Waals surface area contributed by atoms with E-state index in [-0.39, 0.29) is 11.6 Å². The fraction of sp³-hybridized carbons (Fsp3) is 1.00. The van der Waals surface area contributed by atoms with Crippen molar-refractivity contribution < 1.29 is 13.9 Å². The number of hydrogen-bond acceptors (Lipinski definition) is 4. The first-order valence-corrected chi connectivity index (χ1v) is 11.2. The van der Waals surface area contributed by atoms with Crippen LogP contribution in [0.15, 0.2) is 0 Å². The molecule has 0 amide bonds. The van der Waals surface area contributed by atoms with E-state index < -0.39 is 6.17 Å². The van der Waals surface area contributed by atoms with Gasteiger partial charge >= 0.3 is 0 Å². The third-order valence-corrected chi connectivity index (χ3v) is 6.94. The van der Waals surface area contributed by atoms with Gasteiger partial charge in [-0.05, 0) is 85.9 Å². The van der Waals surface area contributed by atoms with Crippen LogP contribution in [-0.4, -0.2) is 78.7 Å². The molecule has 27 heavy (non-hydrogen) atoms. The van der Waals surface area contributed by atoms with E-state index in [2.05, 4.69) is 23.6 Å². The predicted octanol–water partition coefficient (Wildman–Crippen LogP) is 4.03. The monoisotopic (exact) mass is 384 g/mol. The molecule has 4 aliphatic heterocycles. The minimum atomic E-state index is -0.633. The molecule has 4 rings (SSSR count). The lowest BCUT2D eigenvalue weighted by molar-refractivity contribution is 0.00276. The van der Waals surface area contributed by atoms with Crippen LogP contribution in [0.2, 0.25) is 0 Å². The van der Waals surface area contributed by atoms with Crippen LogP contribution < -0.4 is 0 Å². The van der Waals surface area contributed by atoms with E-state index in [1.807, 2.05) is 13.8 Å². The SMILES string of the molecule is CC(C)OCC12CCCN1CC(F)C2.CC(C)OCC12CCCN1CCC2. The van der Waals surface area contributed by atoms with Crippen LogP contribution >= 0.6 is 0 Å². The Balaban J connectivity index is 0.000000156. The number of fused-ring (bicyclic) bond motifs is 2. The summed E-state index contributed by atoms with van der Waals surface area (Å²) >= 11 is 0. The zero-order valence-electron chi connectivity index (χ0n) is 18.0. The van der Waals surface area contributed by atoms with Gasteiger partial charge in [0, 0.05) is 24.0 Å². The van der Waals surface area contributed by atoms with E-state index >= 15 is 0 Å². The molecule has 4 saturated heterocycles. The second-order valence-corrected chi connectivity index (χ2v) is 9.71.